The zero-order chi connectivity index (χ0) is 15.3. The summed E-state index contributed by atoms with van der Waals surface area (Å²) in [6.45, 7) is 0.353. The van der Waals surface area contributed by atoms with Gasteiger partial charge in [0.15, 0.2) is 0 Å². The van der Waals surface area contributed by atoms with Gasteiger partial charge in [-0.05, 0) is 37.1 Å². The van der Waals surface area contributed by atoms with Crippen LogP contribution < -0.4 is 10.5 Å². The van der Waals surface area contributed by atoms with Crippen molar-refractivity contribution in [3.63, 3.8) is 0 Å². The summed E-state index contributed by atoms with van der Waals surface area (Å²) in [5.41, 5.74) is 5.83. The predicted molar refractivity (Wildman–Crippen MR) is 95.2 cm³/mol. The molecule has 0 saturated heterocycles. The van der Waals surface area contributed by atoms with Gasteiger partial charge in [0.25, 0.3) is 0 Å². The predicted octanol–water partition coefficient (Wildman–Crippen LogP) is 3.02. The first-order valence-corrected chi connectivity index (χ1v) is 10.1. The van der Waals surface area contributed by atoms with Crippen LogP contribution in [0.15, 0.2) is 34.1 Å². The van der Waals surface area contributed by atoms with Crippen LogP contribution in [0.5, 0.6) is 0 Å². The summed E-state index contributed by atoms with van der Waals surface area (Å²) in [5, 5.41) is 0. The van der Waals surface area contributed by atoms with Crippen LogP contribution in [-0.4, -0.2) is 27.3 Å². The van der Waals surface area contributed by atoms with Crippen LogP contribution >= 0.6 is 24.2 Å². The third kappa shape index (κ3) is 4.86. The van der Waals surface area contributed by atoms with Crippen molar-refractivity contribution in [1.29, 1.82) is 0 Å². The molecule has 1 aromatic rings. The van der Waals surface area contributed by atoms with Gasteiger partial charge in [-0.15, -0.1) is 24.2 Å². The van der Waals surface area contributed by atoms with Crippen molar-refractivity contribution < 1.29 is 8.42 Å². The minimum absolute atomic E-state index is 0. The Bertz CT molecular complexity index is 560. The fourth-order valence-corrected chi connectivity index (χ4v) is 5.44. The number of hydrogen-bond donors (Lipinski definition) is 2. The lowest BCUT2D eigenvalue weighted by atomic mass is 9.84. The molecule has 3 N–H and O–H groups in total. The molecule has 1 saturated carbocycles. The van der Waals surface area contributed by atoms with E-state index in [1.54, 1.807) is 12.1 Å². The standard InChI is InChI=1S/C15H24N2O2S2.ClH/c1-20-14-9-5-6-10-15(14)21(18,19)17-13(11-16)12-7-3-2-4-8-12;/h5-6,9-10,12-13,17H,2-4,7-8,11,16H2,1H3;1H. The van der Waals surface area contributed by atoms with Crippen molar-refractivity contribution in [2.45, 2.75) is 47.9 Å². The van der Waals surface area contributed by atoms with Crippen LogP contribution in [0.1, 0.15) is 32.1 Å². The van der Waals surface area contributed by atoms with Crippen molar-refractivity contribution >= 4 is 34.2 Å². The van der Waals surface area contributed by atoms with Gasteiger partial charge in [0.05, 0.1) is 4.90 Å². The van der Waals surface area contributed by atoms with Crippen molar-refractivity contribution in [3.8, 4) is 0 Å². The maximum absolute atomic E-state index is 12.6. The fourth-order valence-electron chi connectivity index (χ4n) is 2.98. The van der Waals surface area contributed by atoms with E-state index in [0.717, 1.165) is 17.7 Å². The average Bonchev–Trinajstić information content (AvgIpc) is 2.53. The summed E-state index contributed by atoms with van der Waals surface area (Å²) >= 11 is 1.44. The van der Waals surface area contributed by atoms with Crippen LogP contribution in [-0.2, 0) is 10.0 Å². The van der Waals surface area contributed by atoms with Gasteiger partial charge < -0.3 is 5.73 Å². The number of nitrogens with two attached hydrogens (primary N) is 1. The number of halogens is 1. The van der Waals surface area contributed by atoms with Crippen LogP contribution in [0.3, 0.4) is 0 Å². The van der Waals surface area contributed by atoms with Gasteiger partial charge >= 0.3 is 0 Å². The minimum atomic E-state index is -3.51. The smallest absolute Gasteiger partial charge is 0.241 e. The summed E-state index contributed by atoms with van der Waals surface area (Å²) in [7, 11) is -3.51. The third-order valence-corrected chi connectivity index (χ3v) is 6.61. The Hall–Kier alpha value is -0.270. The van der Waals surface area contributed by atoms with E-state index in [4.69, 9.17) is 5.73 Å². The summed E-state index contributed by atoms with van der Waals surface area (Å²) < 4.78 is 28.1. The first-order valence-electron chi connectivity index (χ1n) is 7.44. The SMILES string of the molecule is CSc1ccccc1S(=O)(=O)NC(CN)C1CCCCC1.Cl. The molecule has 0 amide bonds. The third-order valence-electron chi connectivity index (χ3n) is 4.14. The van der Waals surface area contributed by atoms with Gasteiger partial charge in [-0.3, -0.25) is 0 Å². The second-order valence-corrected chi connectivity index (χ2v) is 8.04. The maximum Gasteiger partial charge on any atom is 0.241 e. The number of hydrogen-bond acceptors (Lipinski definition) is 4. The molecule has 4 nitrogen and oxygen atoms in total. The molecule has 0 spiro atoms. The van der Waals surface area contributed by atoms with Crippen LogP contribution in [0.2, 0.25) is 0 Å². The highest BCUT2D eigenvalue weighted by atomic mass is 35.5. The Balaban J connectivity index is 0.00000242. The van der Waals surface area contributed by atoms with Crippen LogP contribution in [0.25, 0.3) is 0 Å². The van der Waals surface area contributed by atoms with E-state index in [2.05, 4.69) is 4.72 Å². The Morgan fingerprint density at radius 3 is 2.50 bits per heavy atom. The van der Waals surface area contributed by atoms with Crippen LogP contribution in [0.4, 0.5) is 0 Å². The summed E-state index contributed by atoms with van der Waals surface area (Å²) in [6, 6.07) is 6.93. The molecular weight excluding hydrogens is 340 g/mol. The lowest BCUT2D eigenvalue weighted by molar-refractivity contribution is 0.294. The molecule has 0 radical (unpaired) electrons. The maximum atomic E-state index is 12.6. The van der Waals surface area contributed by atoms with Gasteiger partial charge in [-0.2, -0.15) is 0 Å². The molecule has 1 unspecified atom stereocenters. The second kappa shape index (κ2) is 9.13. The van der Waals surface area contributed by atoms with Crippen molar-refractivity contribution in [1.82, 2.24) is 4.72 Å². The zero-order valence-electron chi connectivity index (χ0n) is 12.8. The van der Waals surface area contributed by atoms with E-state index >= 15 is 0 Å². The molecule has 1 atom stereocenters. The van der Waals surface area contributed by atoms with Gasteiger partial charge in [-0.25, -0.2) is 13.1 Å². The van der Waals surface area contributed by atoms with Gasteiger partial charge in [0.1, 0.15) is 0 Å². The molecule has 0 heterocycles. The molecule has 1 aliphatic carbocycles. The highest BCUT2D eigenvalue weighted by Gasteiger charge is 2.28. The summed E-state index contributed by atoms with van der Waals surface area (Å²) in [6.07, 6.45) is 7.60. The summed E-state index contributed by atoms with van der Waals surface area (Å²) in [4.78, 5) is 1.12. The van der Waals surface area contributed by atoms with E-state index in [0.29, 0.717) is 17.4 Å². The molecule has 0 aromatic heterocycles. The largest absolute Gasteiger partial charge is 0.329 e. The topological polar surface area (TPSA) is 72.2 Å². The number of sulfonamides is 1. The molecular formula is C15H25ClN2O2S2. The van der Waals surface area contributed by atoms with E-state index in [1.807, 2.05) is 18.4 Å². The molecule has 1 fully saturated rings. The minimum Gasteiger partial charge on any atom is -0.329 e. The molecule has 1 aromatic carbocycles. The molecule has 0 aliphatic heterocycles. The second-order valence-electron chi connectivity index (χ2n) is 5.51. The quantitative estimate of drug-likeness (QED) is 0.761. The lowest BCUT2D eigenvalue weighted by Crippen LogP contribution is -2.45. The van der Waals surface area contributed by atoms with E-state index in [1.165, 1.54) is 31.0 Å². The number of benzene rings is 1. The molecule has 1 aliphatic rings. The van der Waals surface area contributed by atoms with E-state index < -0.39 is 10.0 Å². The van der Waals surface area contributed by atoms with Crippen molar-refractivity contribution in [2.24, 2.45) is 11.7 Å². The Labute approximate surface area is 144 Å². The molecule has 2 rings (SSSR count). The van der Waals surface area contributed by atoms with Gasteiger partial charge in [0.2, 0.25) is 10.0 Å². The molecule has 126 valence electrons. The number of nitrogens with one attached hydrogen (secondary N) is 1. The highest BCUT2D eigenvalue weighted by Crippen LogP contribution is 2.28. The fraction of sp³-hybridized carbons (Fsp3) is 0.600. The Morgan fingerprint density at radius 1 is 1.27 bits per heavy atom. The molecule has 0 bridgehead atoms. The molecule has 7 heteroatoms. The Morgan fingerprint density at radius 2 is 1.91 bits per heavy atom. The Kier molecular flexibility index (Phi) is 8.21. The number of thioether (sulfide) groups is 1. The first kappa shape index (κ1) is 19.8. The summed E-state index contributed by atoms with van der Waals surface area (Å²) in [5.74, 6) is 0.361. The zero-order valence-corrected chi connectivity index (χ0v) is 15.3. The average molecular weight is 365 g/mol. The highest BCUT2D eigenvalue weighted by molar-refractivity contribution is 7.99. The van der Waals surface area contributed by atoms with E-state index in [9.17, 15) is 8.42 Å². The number of rotatable bonds is 6. The van der Waals surface area contributed by atoms with E-state index in [-0.39, 0.29) is 18.4 Å². The first-order chi connectivity index (χ1) is 10.1. The monoisotopic (exact) mass is 364 g/mol. The normalized spacial score (nSPS) is 17.7. The van der Waals surface area contributed by atoms with Gasteiger partial charge in [0, 0.05) is 17.5 Å². The molecule has 22 heavy (non-hydrogen) atoms. The van der Waals surface area contributed by atoms with Gasteiger partial charge in [-0.1, -0.05) is 31.4 Å². The van der Waals surface area contributed by atoms with Crippen LogP contribution in [0, 0.1) is 5.92 Å². The lowest BCUT2D eigenvalue weighted by Gasteiger charge is -2.30. The van der Waals surface area contributed by atoms with Crippen molar-refractivity contribution in [3.05, 3.63) is 24.3 Å². The van der Waals surface area contributed by atoms with Crippen molar-refractivity contribution in [2.75, 3.05) is 12.8 Å².